The highest BCUT2D eigenvalue weighted by Gasteiger charge is 2.33. The van der Waals surface area contributed by atoms with Crippen LogP contribution in [0.2, 0.25) is 0 Å². The molecule has 1 saturated heterocycles. The monoisotopic (exact) mass is 548 g/mol. The third kappa shape index (κ3) is 6.62. The molecule has 8 nitrogen and oxygen atoms in total. The maximum absolute atomic E-state index is 13.2. The molecule has 0 radical (unpaired) electrons. The molecule has 1 amide bonds. The van der Waals surface area contributed by atoms with Crippen molar-refractivity contribution in [3.63, 3.8) is 0 Å². The van der Waals surface area contributed by atoms with Crippen molar-refractivity contribution in [1.29, 1.82) is 0 Å². The van der Waals surface area contributed by atoms with Gasteiger partial charge in [0.15, 0.2) is 23.3 Å². The molecule has 0 saturated carbocycles. The van der Waals surface area contributed by atoms with Gasteiger partial charge in [0.05, 0.1) is 41.9 Å². The first kappa shape index (κ1) is 25.8. The number of aliphatic imine (C=N–C) groups is 1. The van der Waals surface area contributed by atoms with Gasteiger partial charge in [-0.05, 0) is 70.5 Å². The van der Waals surface area contributed by atoms with E-state index in [1.54, 1.807) is 30.2 Å². The lowest BCUT2D eigenvalue weighted by Gasteiger charge is -2.15. The summed E-state index contributed by atoms with van der Waals surface area (Å²) in [6, 6.07) is 13.0. The number of hydrogen-bond acceptors (Lipinski definition) is 8. The minimum atomic E-state index is -0.505. The summed E-state index contributed by atoms with van der Waals surface area (Å²) in [6.45, 7) is 2.77. The Hall–Kier alpha value is -2.82. The highest BCUT2D eigenvalue weighted by molar-refractivity contribution is 9.10. The average molecular weight is 549 g/mol. The Labute approximate surface area is 211 Å². The molecular formula is C24H25BrN2O6S. The summed E-state index contributed by atoms with van der Waals surface area (Å²) >= 11 is 4.77. The molecule has 3 rings (SSSR count). The molecule has 0 atom stereocenters. The number of amidine groups is 1. The van der Waals surface area contributed by atoms with E-state index in [0.29, 0.717) is 45.8 Å². The fraction of sp³-hybridized carbons (Fsp3) is 0.292. The van der Waals surface area contributed by atoms with Gasteiger partial charge in [-0.3, -0.25) is 9.69 Å². The van der Waals surface area contributed by atoms with E-state index < -0.39 is 5.97 Å². The lowest BCUT2D eigenvalue weighted by Crippen LogP contribution is -2.32. The lowest BCUT2D eigenvalue weighted by molar-refractivity contribution is -0.143. The molecule has 0 aromatic heterocycles. The molecule has 2 aromatic rings. The fourth-order valence-electron chi connectivity index (χ4n) is 3.00. The predicted octanol–water partition coefficient (Wildman–Crippen LogP) is 4.65. The number of halogens is 1. The summed E-state index contributed by atoms with van der Waals surface area (Å²) in [5.74, 6) is 0.164. The maximum atomic E-state index is 13.2. The third-order valence-corrected chi connectivity index (χ3v) is 6.18. The molecule has 180 valence electrons. The van der Waals surface area contributed by atoms with Gasteiger partial charge < -0.3 is 18.9 Å². The molecule has 10 heteroatoms. The first-order chi connectivity index (χ1) is 16.5. The predicted molar refractivity (Wildman–Crippen MR) is 136 cm³/mol. The van der Waals surface area contributed by atoms with Gasteiger partial charge >= 0.3 is 5.97 Å². The molecule has 2 aromatic carbocycles. The SMILES string of the molecule is CCOc1cc(/C=C2\SC(=Nc3ccccc3)N(CCOC)C2=O)cc(Br)c1OCC(=O)OC. The van der Waals surface area contributed by atoms with E-state index in [1.807, 2.05) is 37.3 Å². The second-order valence-corrected chi connectivity index (χ2v) is 8.78. The first-order valence-electron chi connectivity index (χ1n) is 10.5. The lowest BCUT2D eigenvalue weighted by atomic mass is 10.2. The molecule has 0 bridgehead atoms. The highest BCUT2D eigenvalue weighted by atomic mass is 79.9. The van der Waals surface area contributed by atoms with Crippen molar-refractivity contribution in [3.8, 4) is 11.5 Å². The van der Waals surface area contributed by atoms with Crippen LogP contribution in [-0.4, -0.2) is 62.5 Å². The number of carbonyl (C=O) groups is 2. The van der Waals surface area contributed by atoms with Crippen LogP contribution in [0, 0.1) is 0 Å². The van der Waals surface area contributed by atoms with Crippen LogP contribution in [0.3, 0.4) is 0 Å². The molecule has 0 N–H and O–H groups in total. The van der Waals surface area contributed by atoms with Crippen molar-refractivity contribution in [3.05, 3.63) is 57.4 Å². The second-order valence-electron chi connectivity index (χ2n) is 6.92. The van der Waals surface area contributed by atoms with Crippen molar-refractivity contribution in [2.75, 3.05) is 40.6 Å². The van der Waals surface area contributed by atoms with Crippen LogP contribution in [0.5, 0.6) is 11.5 Å². The summed E-state index contributed by atoms with van der Waals surface area (Å²) in [7, 11) is 2.89. The van der Waals surface area contributed by atoms with Gasteiger partial charge in [-0.2, -0.15) is 0 Å². The number of methoxy groups -OCH3 is 2. The number of thioether (sulfide) groups is 1. The van der Waals surface area contributed by atoms with Crippen LogP contribution in [-0.2, 0) is 19.1 Å². The number of nitrogens with zero attached hydrogens (tertiary/aromatic N) is 2. The number of carbonyl (C=O) groups excluding carboxylic acids is 2. The minimum Gasteiger partial charge on any atom is -0.490 e. The Morgan fingerprint density at radius 1 is 1.18 bits per heavy atom. The quantitative estimate of drug-likeness (QED) is 0.315. The number of rotatable bonds is 10. The Kier molecular flexibility index (Phi) is 9.55. The number of amides is 1. The molecule has 1 fully saturated rings. The van der Waals surface area contributed by atoms with Crippen LogP contribution in [0.4, 0.5) is 5.69 Å². The zero-order valence-corrected chi connectivity index (χ0v) is 21.5. The Morgan fingerprint density at radius 3 is 2.62 bits per heavy atom. The zero-order valence-electron chi connectivity index (χ0n) is 19.1. The number of benzene rings is 2. The molecule has 1 heterocycles. The third-order valence-electron chi connectivity index (χ3n) is 4.58. The van der Waals surface area contributed by atoms with Crippen molar-refractivity contribution < 1.29 is 28.5 Å². The van der Waals surface area contributed by atoms with Gasteiger partial charge in [-0.1, -0.05) is 18.2 Å². The molecule has 1 aliphatic rings. The van der Waals surface area contributed by atoms with Crippen molar-refractivity contribution >= 4 is 56.5 Å². The van der Waals surface area contributed by atoms with Gasteiger partial charge in [-0.25, -0.2) is 9.79 Å². The van der Waals surface area contributed by atoms with Crippen LogP contribution in [0.15, 0.2) is 56.8 Å². The summed E-state index contributed by atoms with van der Waals surface area (Å²) in [5, 5.41) is 0.585. The number of esters is 1. The molecule has 0 unspecified atom stereocenters. The van der Waals surface area contributed by atoms with Gasteiger partial charge in [0, 0.05) is 7.11 Å². The van der Waals surface area contributed by atoms with Crippen molar-refractivity contribution in [1.82, 2.24) is 4.90 Å². The van der Waals surface area contributed by atoms with Gasteiger partial charge in [0.1, 0.15) is 0 Å². The smallest absolute Gasteiger partial charge is 0.343 e. The van der Waals surface area contributed by atoms with E-state index in [0.717, 1.165) is 11.3 Å². The standard InChI is InChI=1S/C24H25BrN2O6S/c1-4-32-19-13-16(12-18(25)22(19)33-15-21(28)31-3)14-20-23(29)27(10-11-30-2)24(34-20)26-17-8-6-5-7-9-17/h5-9,12-14H,4,10-11,15H2,1-3H3/b20-14-,26-24?. The minimum absolute atomic E-state index is 0.156. The van der Waals surface area contributed by atoms with E-state index in [1.165, 1.54) is 18.9 Å². The summed E-state index contributed by atoms with van der Waals surface area (Å²) in [5.41, 5.74) is 1.49. The molecular weight excluding hydrogens is 524 g/mol. The molecule has 0 aliphatic carbocycles. The Bertz CT molecular complexity index is 1090. The molecule has 34 heavy (non-hydrogen) atoms. The Balaban J connectivity index is 1.93. The number of ether oxygens (including phenoxy) is 4. The molecule has 1 aliphatic heterocycles. The van der Waals surface area contributed by atoms with E-state index in [2.05, 4.69) is 25.7 Å². The fourth-order valence-corrected chi connectivity index (χ4v) is 4.60. The van der Waals surface area contributed by atoms with Gasteiger partial charge in [0.2, 0.25) is 0 Å². The second kappa shape index (κ2) is 12.6. The van der Waals surface area contributed by atoms with Crippen LogP contribution in [0.25, 0.3) is 6.08 Å². The van der Waals surface area contributed by atoms with Crippen LogP contribution < -0.4 is 9.47 Å². The maximum Gasteiger partial charge on any atom is 0.343 e. The summed E-state index contributed by atoms with van der Waals surface area (Å²) < 4.78 is 21.7. The van der Waals surface area contributed by atoms with Gasteiger partial charge in [0.25, 0.3) is 5.91 Å². The van der Waals surface area contributed by atoms with Crippen molar-refractivity contribution in [2.24, 2.45) is 4.99 Å². The Morgan fingerprint density at radius 2 is 1.94 bits per heavy atom. The largest absolute Gasteiger partial charge is 0.490 e. The molecule has 0 spiro atoms. The van der Waals surface area contributed by atoms with Crippen molar-refractivity contribution in [2.45, 2.75) is 6.92 Å². The van der Waals surface area contributed by atoms with E-state index in [4.69, 9.17) is 14.2 Å². The highest BCUT2D eigenvalue weighted by Crippen LogP contribution is 2.39. The van der Waals surface area contributed by atoms with E-state index >= 15 is 0 Å². The first-order valence-corrected chi connectivity index (χ1v) is 12.1. The van der Waals surface area contributed by atoms with E-state index in [9.17, 15) is 9.59 Å². The number of hydrogen-bond donors (Lipinski definition) is 0. The normalized spacial score (nSPS) is 15.8. The number of para-hydroxylation sites is 1. The van der Waals surface area contributed by atoms with Crippen LogP contribution >= 0.6 is 27.7 Å². The average Bonchev–Trinajstić information content (AvgIpc) is 3.11. The summed E-state index contributed by atoms with van der Waals surface area (Å²) in [4.78, 5) is 31.4. The zero-order chi connectivity index (χ0) is 24.5. The topological polar surface area (TPSA) is 86.7 Å². The van der Waals surface area contributed by atoms with E-state index in [-0.39, 0.29) is 12.5 Å². The van der Waals surface area contributed by atoms with Crippen LogP contribution in [0.1, 0.15) is 12.5 Å². The van der Waals surface area contributed by atoms with Gasteiger partial charge in [-0.15, -0.1) is 0 Å². The summed E-state index contributed by atoms with van der Waals surface area (Å²) in [6.07, 6.45) is 1.78.